The molecule has 0 aliphatic heterocycles. The molecule has 2 nitrogen and oxygen atoms in total. The maximum atomic E-state index is 6.06. The van der Waals surface area contributed by atoms with E-state index < -0.39 is 0 Å². The molecule has 1 atom stereocenters. The van der Waals surface area contributed by atoms with Crippen LogP contribution in [0.1, 0.15) is 20.3 Å². The SMILES string of the molecule is CCC(C)Sc1cc(Cl)nc(-c2ccccc2)n1. The Kier molecular flexibility index (Phi) is 4.61. The topological polar surface area (TPSA) is 25.8 Å². The molecule has 94 valence electrons. The summed E-state index contributed by atoms with van der Waals surface area (Å²) >= 11 is 7.79. The second-order valence-corrected chi connectivity index (χ2v) is 5.90. The maximum Gasteiger partial charge on any atom is 0.162 e. The monoisotopic (exact) mass is 278 g/mol. The fourth-order valence-corrected chi connectivity index (χ4v) is 2.61. The zero-order valence-corrected chi connectivity index (χ0v) is 12.0. The number of hydrogen-bond acceptors (Lipinski definition) is 3. The molecule has 1 heterocycles. The average Bonchev–Trinajstić information content (AvgIpc) is 2.39. The van der Waals surface area contributed by atoms with Crippen molar-refractivity contribution in [3.8, 4) is 11.4 Å². The van der Waals surface area contributed by atoms with Gasteiger partial charge in [-0.3, -0.25) is 0 Å². The van der Waals surface area contributed by atoms with E-state index in [1.807, 2.05) is 36.4 Å². The summed E-state index contributed by atoms with van der Waals surface area (Å²) in [6, 6.07) is 11.7. The van der Waals surface area contributed by atoms with Crippen molar-refractivity contribution in [3.05, 3.63) is 41.6 Å². The first-order valence-electron chi connectivity index (χ1n) is 5.95. The lowest BCUT2D eigenvalue weighted by atomic mass is 10.2. The highest BCUT2D eigenvalue weighted by Gasteiger charge is 2.08. The summed E-state index contributed by atoms with van der Waals surface area (Å²) in [6.45, 7) is 4.35. The molecule has 0 bridgehead atoms. The van der Waals surface area contributed by atoms with Crippen LogP contribution in [0.15, 0.2) is 41.4 Å². The van der Waals surface area contributed by atoms with Crippen LogP contribution >= 0.6 is 23.4 Å². The van der Waals surface area contributed by atoms with E-state index >= 15 is 0 Å². The van der Waals surface area contributed by atoms with Crippen LogP contribution in [0.4, 0.5) is 0 Å². The molecule has 0 saturated carbocycles. The molecule has 0 spiro atoms. The van der Waals surface area contributed by atoms with Gasteiger partial charge in [-0.25, -0.2) is 9.97 Å². The lowest BCUT2D eigenvalue weighted by molar-refractivity contribution is 0.899. The second kappa shape index (κ2) is 6.21. The van der Waals surface area contributed by atoms with Crippen LogP contribution in [-0.2, 0) is 0 Å². The van der Waals surface area contributed by atoms with E-state index in [1.165, 1.54) is 0 Å². The first kappa shape index (κ1) is 13.4. The smallest absolute Gasteiger partial charge is 0.162 e. The summed E-state index contributed by atoms with van der Waals surface area (Å²) in [6.07, 6.45) is 1.10. The van der Waals surface area contributed by atoms with Gasteiger partial charge in [-0.05, 0) is 6.42 Å². The van der Waals surface area contributed by atoms with Crippen LogP contribution in [0, 0.1) is 0 Å². The highest BCUT2D eigenvalue weighted by molar-refractivity contribution is 7.99. The van der Waals surface area contributed by atoms with Crippen molar-refractivity contribution in [2.24, 2.45) is 0 Å². The van der Waals surface area contributed by atoms with E-state index in [2.05, 4.69) is 23.8 Å². The van der Waals surface area contributed by atoms with Crippen molar-refractivity contribution < 1.29 is 0 Å². The third-order valence-electron chi connectivity index (χ3n) is 2.60. The molecule has 0 saturated heterocycles. The summed E-state index contributed by atoms with van der Waals surface area (Å²) < 4.78 is 0. The number of rotatable bonds is 4. The standard InChI is InChI=1S/C14H15ClN2S/c1-3-10(2)18-13-9-12(15)16-14(17-13)11-7-5-4-6-8-11/h4-10H,3H2,1-2H3. The van der Waals surface area contributed by atoms with Crippen LogP contribution in [0.3, 0.4) is 0 Å². The maximum absolute atomic E-state index is 6.06. The summed E-state index contributed by atoms with van der Waals surface area (Å²) in [4.78, 5) is 8.84. The third-order valence-corrected chi connectivity index (χ3v) is 3.98. The Labute approximate surface area is 117 Å². The Balaban J connectivity index is 2.32. The van der Waals surface area contributed by atoms with Gasteiger partial charge in [0.2, 0.25) is 0 Å². The molecule has 0 aliphatic rings. The predicted octanol–water partition coefficient (Wildman–Crippen LogP) is 4.69. The van der Waals surface area contributed by atoms with Gasteiger partial charge in [0.05, 0.1) is 0 Å². The molecular formula is C14H15ClN2S. The molecule has 18 heavy (non-hydrogen) atoms. The minimum Gasteiger partial charge on any atom is -0.222 e. The summed E-state index contributed by atoms with van der Waals surface area (Å²) in [7, 11) is 0. The van der Waals surface area contributed by atoms with Gasteiger partial charge in [0.1, 0.15) is 10.2 Å². The van der Waals surface area contributed by atoms with Crippen molar-refractivity contribution in [1.82, 2.24) is 9.97 Å². The third kappa shape index (κ3) is 3.47. The Hall–Kier alpha value is -1.06. The van der Waals surface area contributed by atoms with Crippen LogP contribution in [-0.4, -0.2) is 15.2 Å². The fraction of sp³-hybridized carbons (Fsp3) is 0.286. The summed E-state index contributed by atoms with van der Waals surface area (Å²) in [5, 5.41) is 1.96. The number of benzene rings is 1. The van der Waals surface area contributed by atoms with Crippen molar-refractivity contribution in [2.75, 3.05) is 0 Å². The van der Waals surface area contributed by atoms with Gasteiger partial charge >= 0.3 is 0 Å². The van der Waals surface area contributed by atoms with E-state index in [0.717, 1.165) is 17.0 Å². The van der Waals surface area contributed by atoms with Gasteiger partial charge in [0, 0.05) is 16.9 Å². The van der Waals surface area contributed by atoms with Gasteiger partial charge in [0.15, 0.2) is 5.82 Å². The Morgan fingerprint density at radius 1 is 1.22 bits per heavy atom. The molecule has 4 heteroatoms. The van der Waals surface area contributed by atoms with E-state index in [4.69, 9.17) is 11.6 Å². The summed E-state index contributed by atoms with van der Waals surface area (Å²) in [5.41, 5.74) is 0.992. The van der Waals surface area contributed by atoms with Gasteiger partial charge in [-0.15, -0.1) is 11.8 Å². The molecular weight excluding hydrogens is 264 g/mol. The zero-order chi connectivity index (χ0) is 13.0. The highest BCUT2D eigenvalue weighted by Crippen LogP contribution is 2.27. The Morgan fingerprint density at radius 3 is 2.61 bits per heavy atom. The zero-order valence-electron chi connectivity index (χ0n) is 10.4. The molecule has 1 aromatic carbocycles. The van der Waals surface area contributed by atoms with Crippen molar-refractivity contribution >= 4 is 23.4 Å². The predicted molar refractivity (Wildman–Crippen MR) is 78.1 cm³/mol. The first-order chi connectivity index (χ1) is 8.69. The van der Waals surface area contributed by atoms with Gasteiger partial charge < -0.3 is 0 Å². The average molecular weight is 279 g/mol. The van der Waals surface area contributed by atoms with Gasteiger partial charge in [0.25, 0.3) is 0 Å². The number of halogens is 1. The number of nitrogens with zero attached hydrogens (tertiary/aromatic N) is 2. The molecule has 0 aliphatic carbocycles. The molecule has 2 rings (SSSR count). The highest BCUT2D eigenvalue weighted by atomic mass is 35.5. The fourth-order valence-electron chi connectivity index (χ4n) is 1.46. The first-order valence-corrected chi connectivity index (χ1v) is 7.21. The Bertz CT molecular complexity index is 516. The lowest BCUT2D eigenvalue weighted by Gasteiger charge is -2.09. The van der Waals surface area contributed by atoms with Crippen molar-refractivity contribution in [1.29, 1.82) is 0 Å². The molecule has 0 fully saturated rings. The van der Waals surface area contributed by atoms with Crippen molar-refractivity contribution in [3.63, 3.8) is 0 Å². The molecule has 1 unspecified atom stereocenters. The summed E-state index contributed by atoms with van der Waals surface area (Å²) in [5.74, 6) is 0.689. The van der Waals surface area contributed by atoms with E-state index in [0.29, 0.717) is 16.2 Å². The molecule has 0 amide bonds. The van der Waals surface area contributed by atoms with Gasteiger partial charge in [-0.1, -0.05) is 55.8 Å². The van der Waals surface area contributed by atoms with Gasteiger partial charge in [-0.2, -0.15) is 0 Å². The minimum atomic E-state index is 0.495. The quantitative estimate of drug-likeness (QED) is 0.599. The van der Waals surface area contributed by atoms with E-state index in [-0.39, 0.29) is 0 Å². The lowest BCUT2D eigenvalue weighted by Crippen LogP contribution is -1.96. The second-order valence-electron chi connectivity index (χ2n) is 4.06. The molecule has 0 N–H and O–H groups in total. The number of hydrogen-bond donors (Lipinski definition) is 0. The van der Waals surface area contributed by atoms with E-state index in [9.17, 15) is 0 Å². The van der Waals surface area contributed by atoms with E-state index in [1.54, 1.807) is 11.8 Å². The van der Waals surface area contributed by atoms with Crippen LogP contribution in [0.2, 0.25) is 5.15 Å². The minimum absolute atomic E-state index is 0.495. The molecule has 0 radical (unpaired) electrons. The van der Waals surface area contributed by atoms with Crippen molar-refractivity contribution in [2.45, 2.75) is 30.5 Å². The Morgan fingerprint density at radius 2 is 1.94 bits per heavy atom. The van der Waals surface area contributed by atoms with Crippen LogP contribution < -0.4 is 0 Å². The normalized spacial score (nSPS) is 12.4. The number of thioether (sulfide) groups is 1. The molecule has 2 aromatic rings. The van der Waals surface area contributed by atoms with Crippen LogP contribution in [0.5, 0.6) is 0 Å². The van der Waals surface area contributed by atoms with Crippen LogP contribution in [0.25, 0.3) is 11.4 Å². The number of aromatic nitrogens is 2. The largest absolute Gasteiger partial charge is 0.222 e. The molecule has 1 aromatic heterocycles.